The van der Waals surface area contributed by atoms with Gasteiger partial charge in [-0.25, -0.2) is 0 Å². The van der Waals surface area contributed by atoms with Crippen molar-refractivity contribution in [3.8, 4) is 0 Å². The summed E-state index contributed by atoms with van der Waals surface area (Å²) in [5.41, 5.74) is 0. The Kier molecular flexibility index (Phi) is 49.8. The van der Waals surface area contributed by atoms with Gasteiger partial charge in [0.2, 0.25) is 0 Å². The Morgan fingerprint density at radius 1 is 0.333 bits per heavy atom. The zero-order valence-corrected chi connectivity index (χ0v) is 41.8. The van der Waals surface area contributed by atoms with Gasteiger partial charge in [0, 0.05) is 19.3 Å². The number of esters is 3. The van der Waals surface area contributed by atoms with Gasteiger partial charge in [-0.1, -0.05) is 211 Å². The molecule has 0 bridgehead atoms. The van der Waals surface area contributed by atoms with Crippen LogP contribution in [0.4, 0.5) is 0 Å². The van der Waals surface area contributed by atoms with Gasteiger partial charge < -0.3 is 14.2 Å². The van der Waals surface area contributed by atoms with Crippen LogP contribution in [-0.4, -0.2) is 37.2 Å². The van der Waals surface area contributed by atoms with Crippen LogP contribution in [-0.2, 0) is 28.6 Å². The van der Waals surface area contributed by atoms with Gasteiger partial charge in [-0.05, 0) is 96.3 Å². The lowest BCUT2D eigenvalue weighted by molar-refractivity contribution is -0.167. The molecule has 0 aromatic heterocycles. The number of ether oxygens (including phenoxy) is 3. The minimum absolute atomic E-state index is 0.0806. The van der Waals surface area contributed by atoms with E-state index in [2.05, 4.69) is 69.4 Å². The van der Waals surface area contributed by atoms with E-state index in [0.29, 0.717) is 19.3 Å². The molecule has 1 atom stereocenters. The SMILES string of the molecule is CC/C=C\C/C=C\CCCCCCCCCC(=O)OCC(COC(=O)CCCCCCC/C=C\CCCCCCCCC)OC(=O)CCCCCCCCC/C=C\CCCCCC. The first kappa shape index (κ1) is 60.4. The van der Waals surface area contributed by atoms with Gasteiger partial charge in [0.05, 0.1) is 0 Å². The summed E-state index contributed by atoms with van der Waals surface area (Å²) in [5.74, 6) is -0.892. The second-order valence-corrected chi connectivity index (χ2v) is 18.1. The van der Waals surface area contributed by atoms with E-state index in [0.717, 1.165) is 83.5 Å². The van der Waals surface area contributed by atoms with Crippen LogP contribution < -0.4 is 0 Å². The molecule has 0 saturated carbocycles. The Labute approximate surface area is 390 Å². The van der Waals surface area contributed by atoms with E-state index >= 15 is 0 Å². The topological polar surface area (TPSA) is 78.9 Å². The molecule has 0 saturated heterocycles. The van der Waals surface area contributed by atoms with Crippen LogP contribution in [0.15, 0.2) is 48.6 Å². The van der Waals surface area contributed by atoms with Crippen molar-refractivity contribution in [2.24, 2.45) is 0 Å². The van der Waals surface area contributed by atoms with Crippen molar-refractivity contribution < 1.29 is 28.6 Å². The van der Waals surface area contributed by atoms with Crippen LogP contribution in [0.3, 0.4) is 0 Å². The fourth-order valence-corrected chi connectivity index (χ4v) is 7.70. The van der Waals surface area contributed by atoms with Crippen molar-refractivity contribution in [2.45, 2.75) is 284 Å². The van der Waals surface area contributed by atoms with Crippen molar-refractivity contribution in [1.29, 1.82) is 0 Å². The number of carbonyl (C=O) groups is 3. The van der Waals surface area contributed by atoms with E-state index in [-0.39, 0.29) is 31.1 Å². The molecule has 0 aliphatic carbocycles. The fraction of sp³-hybridized carbons (Fsp3) is 0.807. The van der Waals surface area contributed by atoms with Gasteiger partial charge in [0.15, 0.2) is 6.10 Å². The van der Waals surface area contributed by atoms with E-state index in [1.54, 1.807) is 0 Å². The maximum Gasteiger partial charge on any atom is 0.306 e. The van der Waals surface area contributed by atoms with Crippen LogP contribution in [0.5, 0.6) is 0 Å². The Morgan fingerprint density at radius 2 is 0.619 bits per heavy atom. The lowest BCUT2D eigenvalue weighted by atomic mass is 10.1. The Bertz CT molecular complexity index is 1110. The monoisotopic (exact) mass is 883 g/mol. The van der Waals surface area contributed by atoms with Gasteiger partial charge in [0.25, 0.3) is 0 Å². The van der Waals surface area contributed by atoms with Crippen molar-refractivity contribution in [1.82, 2.24) is 0 Å². The molecule has 1 unspecified atom stereocenters. The minimum atomic E-state index is -0.780. The highest BCUT2D eigenvalue weighted by atomic mass is 16.6. The molecular formula is C57H102O6. The van der Waals surface area contributed by atoms with E-state index in [4.69, 9.17) is 14.2 Å². The molecule has 0 aliphatic rings. The number of unbranched alkanes of at least 4 members (excludes halogenated alkanes) is 30. The second-order valence-electron chi connectivity index (χ2n) is 18.1. The number of hydrogen-bond acceptors (Lipinski definition) is 6. The Hall–Kier alpha value is -2.63. The lowest BCUT2D eigenvalue weighted by Gasteiger charge is -2.18. The average molecular weight is 883 g/mol. The van der Waals surface area contributed by atoms with E-state index in [9.17, 15) is 14.4 Å². The molecule has 0 spiro atoms. The molecule has 0 N–H and O–H groups in total. The summed E-state index contributed by atoms with van der Waals surface area (Å²) < 4.78 is 16.8. The van der Waals surface area contributed by atoms with Crippen LogP contribution >= 0.6 is 0 Å². The predicted molar refractivity (Wildman–Crippen MR) is 270 cm³/mol. The highest BCUT2D eigenvalue weighted by molar-refractivity contribution is 5.71. The largest absolute Gasteiger partial charge is 0.462 e. The summed E-state index contributed by atoms with van der Waals surface area (Å²) in [6.45, 7) is 6.52. The molecule has 0 aromatic carbocycles. The Balaban J connectivity index is 4.38. The molecule has 0 rings (SSSR count). The average Bonchev–Trinajstić information content (AvgIpc) is 3.28. The molecular weight excluding hydrogens is 781 g/mol. The van der Waals surface area contributed by atoms with Gasteiger partial charge >= 0.3 is 17.9 Å². The third-order valence-electron chi connectivity index (χ3n) is 11.8. The second kappa shape index (κ2) is 52.0. The first-order valence-corrected chi connectivity index (χ1v) is 27.1. The number of carbonyl (C=O) groups excluding carboxylic acids is 3. The maximum atomic E-state index is 12.8. The van der Waals surface area contributed by atoms with Crippen molar-refractivity contribution >= 4 is 17.9 Å². The fourth-order valence-electron chi connectivity index (χ4n) is 7.70. The van der Waals surface area contributed by atoms with Crippen molar-refractivity contribution in [3.05, 3.63) is 48.6 Å². The smallest absolute Gasteiger partial charge is 0.306 e. The predicted octanol–water partition coefficient (Wildman–Crippen LogP) is 17.9. The highest BCUT2D eigenvalue weighted by Crippen LogP contribution is 2.15. The van der Waals surface area contributed by atoms with Crippen LogP contribution in [0, 0.1) is 0 Å². The van der Waals surface area contributed by atoms with Gasteiger partial charge in [0.1, 0.15) is 13.2 Å². The third-order valence-corrected chi connectivity index (χ3v) is 11.8. The normalized spacial score (nSPS) is 12.4. The molecule has 6 nitrogen and oxygen atoms in total. The maximum absolute atomic E-state index is 12.8. The van der Waals surface area contributed by atoms with E-state index in [1.165, 1.54) is 154 Å². The minimum Gasteiger partial charge on any atom is -0.462 e. The van der Waals surface area contributed by atoms with E-state index in [1.807, 2.05) is 0 Å². The molecule has 0 amide bonds. The van der Waals surface area contributed by atoms with Crippen LogP contribution in [0.1, 0.15) is 278 Å². The number of hydrogen-bond donors (Lipinski definition) is 0. The summed E-state index contributed by atoms with van der Waals surface area (Å²) in [6, 6.07) is 0. The number of allylic oxidation sites excluding steroid dienone is 8. The van der Waals surface area contributed by atoms with Crippen molar-refractivity contribution in [2.75, 3.05) is 13.2 Å². The summed E-state index contributed by atoms with van der Waals surface area (Å²) in [7, 11) is 0. The number of rotatable bonds is 49. The quantitative estimate of drug-likeness (QED) is 0.0262. The highest BCUT2D eigenvalue weighted by Gasteiger charge is 2.19. The molecule has 0 heterocycles. The zero-order chi connectivity index (χ0) is 45.8. The Morgan fingerprint density at radius 3 is 0.984 bits per heavy atom. The lowest BCUT2D eigenvalue weighted by Crippen LogP contribution is -2.30. The summed E-state index contributed by atoms with van der Waals surface area (Å²) in [4.78, 5) is 38.0. The first-order valence-electron chi connectivity index (χ1n) is 27.1. The third kappa shape index (κ3) is 50.2. The summed E-state index contributed by atoms with van der Waals surface area (Å²) >= 11 is 0. The molecule has 366 valence electrons. The summed E-state index contributed by atoms with van der Waals surface area (Å²) in [5, 5.41) is 0. The molecule has 0 aliphatic heterocycles. The molecule has 6 heteroatoms. The van der Waals surface area contributed by atoms with Crippen LogP contribution in [0.25, 0.3) is 0 Å². The molecule has 0 fully saturated rings. The molecule has 0 radical (unpaired) electrons. The summed E-state index contributed by atoms with van der Waals surface area (Å²) in [6.07, 6.45) is 62.3. The molecule has 63 heavy (non-hydrogen) atoms. The van der Waals surface area contributed by atoms with Gasteiger partial charge in [-0.3, -0.25) is 14.4 Å². The first-order chi connectivity index (χ1) is 31.0. The van der Waals surface area contributed by atoms with Crippen molar-refractivity contribution in [3.63, 3.8) is 0 Å². The van der Waals surface area contributed by atoms with Crippen LogP contribution in [0.2, 0.25) is 0 Å². The zero-order valence-electron chi connectivity index (χ0n) is 41.8. The molecule has 0 aromatic rings. The van der Waals surface area contributed by atoms with Gasteiger partial charge in [-0.2, -0.15) is 0 Å². The van der Waals surface area contributed by atoms with Gasteiger partial charge in [-0.15, -0.1) is 0 Å². The van der Waals surface area contributed by atoms with E-state index < -0.39 is 6.10 Å². The standard InChI is InChI=1S/C57H102O6/c1-4-7-10-13-16-19-22-25-28-30-32-35-38-41-44-47-50-56(59)62-53-54(52-61-55(58)49-46-43-40-37-34-31-27-24-21-18-15-12-9-6-3)63-57(60)51-48-45-42-39-36-33-29-26-23-20-17-14-11-8-5-2/h9,12,18,20-21,23,28,30,54H,4-8,10-11,13-17,19,22,24-27,29,31-53H2,1-3H3/b12-9-,21-18-,23-20-,30-28-.